The van der Waals surface area contributed by atoms with Gasteiger partial charge in [-0.3, -0.25) is 0 Å². The van der Waals surface area contributed by atoms with Crippen LogP contribution in [0.2, 0.25) is 0 Å². The predicted octanol–water partition coefficient (Wildman–Crippen LogP) is 4.70. The van der Waals surface area contributed by atoms with Gasteiger partial charge in [-0.15, -0.1) is 0 Å². The van der Waals surface area contributed by atoms with E-state index in [1.807, 2.05) is 56.3 Å². The summed E-state index contributed by atoms with van der Waals surface area (Å²) in [5.41, 5.74) is 2.64. The van der Waals surface area contributed by atoms with Crippen LogP contribution in [0.25, 0.3) is 5.69 Å². The normalized spacial score (nSPS) is 21.5. The topological polar surface area (TPSA) is 76.5 Å². The minimum absolute atomic E-state index is 0.0438. The number of carbonyl (C=O) groups excluding carboxylic acids is 1. The number of benzene rings is 1. The van der Waals surface area contributed by atoms with E-state index in [1.54, 1.807) is 4.57 Å². The van der Waals surface area contributed by atoms with Crippen molar-refractivity contribution in [1.82, 2.24) is 9.55 Å². The zero-order valence-electron chi connectivity index (χ0n) is 20.4. The van der Waals surface area contributed by atoms with Crippen molar-refractivity contribution in [1.29, 1.82) is 0 Å². The first kappa shape index (κ1) is 23.1. The highest BCUT2D eigenvalue weighted by molar-refractivity contribution is 5.94. The van der Waals surface area contributed by atoms with Crippen molar-refractivity contribution in [2.45, 2.75) is 45.4 Å². The number of nitrogens with zero attached hydrogens (tertiary/aromatic N) is 3. The Bertz CT molecular complexity index is 1250. The molecule has 7 heteroatoms. The number of para-hydroxylation sites is 1. The molecule has 0 radical (unpaired) electrons. The van der Waals surface area contributed by atoms with Crippen molar-refractivity contribution in [2.24, 2.45) is 5.92 Å². The summed E-state index contributed by atoms with van der Waals surface area (Å²) in [4.78, 5) is 33.7. The van der Waals surface area contributed by atoms with Crippen LogP contribution >= 0.6 is 0 Å². The number of ether oxygens (including phenoxy) is 1. The van der Waals surface area contributed by atoms with Crippen LogP contribution in [0.4, 0.5) is 11.6 Å². The first-order valence-corrected chi connectivity index (χ1v) is 12.6. The van der Waals surface area contributed by atoms with Crippen molar-refractivity contribution >= 4 is 17.6 Å². The number of rotatable bonds is 5. The summed E-state index contributed by atoms with van der Waals surface area (Å²) in [5, 5.41) is 3.44. The molecule has 2 aliphatic heterocycles. The zero-order chi connectivity index (χ0) is 24.4. The molecule has 1 saturated heterocycles. The first-order valence-electron chi connectivity index (χ1n) is 12.6. The van der Waals surface area contributed by atoms with Gasteiger partial charge >= 0.3 is 11.7 Å². The molecular weight excluding hydrogens is 440 g/mol. The quantitative estimate of drug-likeness (QED) is 0.636. The van der Waals surface area contributed by atoms with E-state index in [2.05, 4.69) is 27.4 Å². The van der Waals surface area contributed by atoms with Gasteiger partial charge in [-0.2, -0.15) is 4.98 Å². The second-order valence-corrected chi connectivity index (χ2v) is 9.27. The molecule has 1 fully saturated rings. The highest BCUT2D eigenvalue weighted by Crippen LogP contribution is 2.48. The summed E-state index contributed by atoms with van der Waals surface area (Å²) in [7, 11) is 0. The van der Waals surface area contributed by atoms with Crippen LogP contribution in [0.15, 0.2) is 70.7 Å². The van der Waals surface area contributed by atoms with Gasteiger partial charge in [0.15, 0.2) is 0 Å². The van der Waals surface area contributed by atoms with Gasteiger partial charge in [0.1, 0.15) is 11.6 Å². The van der Waals surface area contributed by atoms with Crippen LogP contribution in [0.5, 0.6) is 0 Å². The van der Waals surface area contributed by atoms with Gasteiger partial charge < -0.3 is 15.0 Å². The largest absolute Gasteiger partial charge is 0.463 e. The molecule has 2 aromatic rings. The summed E-state index contributed by atoms with van der Waals surface area (Å²) >= 11 is 0. The number of fused-ring (bicyclic) bond motifs is 1. The number of piperidine rings is 1. The Labute approximate surface area is 205 Å². The lowest BCUT2D eigenvalue weighted by Crippen LogP contribution is -2.39. The zero-order valence-corrected chi connectivity index (χ0v) is 20.4. The number of hydrogen-bond acceptors (Lipinski definition) is 6. The molecule has 1 aliphatic carbocycles. The van der Waals surface area contributed by atoms with Crippen molar-refractivity contribution in [3.05, 3.63) is 82.0 Å². The summed E-state index contributed by atoms with van der Waals surface area (Å²) in [6.45, 7) is 5.71. The summed E-state index contributed by atoms with van der Waals surface area (Å²) < 4.78 is 7.17. The smallest absolute Gasteiger partial charge is 0.355 e. The fourth-order valence-electron chi connectivity index (χ4n) is 5.48. The van der Waals surface area contributed by atoms with Gasteiger partial charge in [0.05, 0.1) is 17.9 Å². The molecule has 1 aromatic carbocycles. The Kier molecular flexibility index (Phi) is 6.57. The lowest BCUT2D eigenvalue weighted by molar-refractivity contribution is -0.139. The van der Waals surface area contributed by atoms with E-state index in [0.717, 1.165) is 43.6 Å². The van der Waals surface area contributed by atoms with Crippen LogP contribution in [0.3, 0.4) is 0 Å². The van der Waals surface area contributed by atoms with Gasteiger partial charge in [0.2, 0.25) is 0 Å². The fourth-order valence-corrected chi connectivity index (χ4v) is 5.48. The molecule has 7 nitrogen and oxygen atoms in total. The predicted molar refractivity (Wildman–Crippen MR) is 138 cm³/mol. The van der Waals surface area contributed by atoms with Crippen LogP contribution in [-0.4, -0.2) is 35.2 Å². The van der Waals surface area contributed by atoms with E-state index in [4.69, 9.17) is 4.74 Å². The molecule has 1 N–H and O–H groups in total. The van der Waals surface area contributed by atoms with Gasteiger partial charge in [-0.05, 0) is 57.6 Å². The van der Waals surface area contributed by atoms with Crippen molar-refractivity contribution in [3.63, 3.8) is 0 Å². The number of carbonyl (C=O) groups is 1. The second-order valence-electron chi connectivity index (χ2n) is 9.27. The Balaban J connectivity index is 1.79. The molecule has 0 amide bonds. The Morgan fingerprint density at radius 1 is 1.14 bits per heavy atom. The summed E-state index contributed by atoms with van der Waals surface area (Å²) in [6, 6.07) is 9.56. The molecule has 0 spiro atoms. The fraction of sp³-hybridized carbons (Fsp3) is 0.393. The van der Waals surface area contributed by atoms with Crippen LogP contribution in [0, 0.1) is 5.92 Å². The van der Waals surface area contributed by atoms with Crippen LogP contribution in [-0.2, 0) is 9.53 Å². The average Bonchev–Trinajstić information content (AvgIpc) is 2.89. The summed E-state index contributed by atoms with van der Waals surface area (Å²) in [6.07, 6.45) is 12.4. The molecule has 3 heterocycles. The van der Waals surface area contributed by atoms with E-state index >= 15 is 0 Å². The summed E-state index contributed by atoms with van der Waals surface area (Å²) in [5.74, 6) is 0.814. The maximum atomic E-state index is 13.5. The molecule has 3 aliphatic rings. The van der Waals surface area contributed by atoms with Crippen molar-refractivity contribution in [2.75, 3.05) is 29.9 Å². The van der Waals surface area contributed by atoms with Crippen molar-refractivity contribution < 1.29 is 9.53 Å². The molecule has 0 saturated carbocycles. The highest BCUT2D eigenvalue weighted by atomic mass is 16.5. The molecule has 35 heavy (non-hydrogen) atoms. The lowest BCUT2D eigenvalue weighted by atomic mass is 9.75. The lowest BCUT2D eigenvalue weighted by Gasteiger charge is -2.39. The molecule has 1 aromatic heterocycles. The maximum Gasteiger partial charge on any atom is 0.355 e. The maximum absolute atomic E-state index is 13.5. The number of aromatic nitrogens is 2. The minimum atomic E-state index is -0.326. The number of hydrogen-bond donors (Lipinski definition) is 1. The van der Waals surface area contributed by atoms with E-state index in [-0.39, 0.29) is 23.5 Å². The number of allylic oxidation sites excluding steroid dienone is 5. The van der Waals surface area contributed by atoms with E-state index < -0.39 is 0 Å². The van der Waals surface area contributed by atoms with E-state index in [0.29, 0.717) is 29.5 Å². The highest BCUT2D eigenvalue weighted by Gasteiger charge is 2.41. The third-order valence-corrected chi connectivity index (χ3v) is 7.05. The van der Waals surface area contributed by atoms with Gasteiger partial charge in [0.25, 0.3) is 0 Å². The Hall–Kier alpha value is -3.61. The SMILES string of the molecule is CCOC(=O)C1=C(C)Nc2c(c(N3CCCCC3)nc(=O)n2-c2ccccc2)C1C1C=CC=CC1. The van der Waals surface area contributed by atoms with E-state index in [9.17, 15) is 9.59 Å². The van der Waals surface area contributed by atoms with Crippen LogP contribution < -0.4 is 15.9 Å². The number of esters is 1. The molecule has 2 atom stereocenters. The molecule has 182 valence electrons. The molecular formula is C28H32N4O3. The minimum Gasteiger partial charge on any atom is -0.463 e. The van der Waals surface area contributed by atoms with Crippen LogP contribution in [0.1, 0.15) is 51.0 Å². The third-order valence-electron chi connectivity index (χ3n) is 7.05. The molecule has 2 unspecified atom stereocenters. The first-order chi connectivity index (χ1) is 17.1. The van der Waals surface area contributed by atoms with E-state index in [1.165, 1.54) is 6.42 Å². The number of anilines is 2. The second kappa shape index (κ2) is 9.94. The van der Waals surface area contributed by atoms with Gasteiger partial charge in [0, 0.05) is 30.3 Å². The standard InChI is InChI=1S/C28H32N4O3/c1-3-35-27(33)22-19(2)29-26-24(23(22)20-13-7-4-8-14-20)25(31-17-11-6-12-18-31)30-28(34)32(26)21-15-9-5-10-16-21/h4-5,7-10,13,15-16,20,23,29H,3,6,11-12,14,17-18H2,1-2H3. The third kappa shape index (κ3) is 4.31. The number of nitrogens with one attached hydrogen (secondary N) is 1. The van der Waals surface area contributed by atoms with Gasteiger partial charge in [-0.25, -0.2) is 14.2 Å². The Morgan fingerprint density at radius 2 is 1.91 bits per heavy atom. The Morgan fingerprint density at radius 3 is 2.60 bits per heavy atom. The monoisotopic (exact) mass is 472 g/mol. The molecule has 0 bridgehead atoms. The van der Waals surface area contributed by atoms with Gasteiger partial charge in [-0.1, -0.05) is 42.5 Å². The average molecular weight is 473 g/mol. The molecule has 5 rings (SSSR count). The van der Waals surface area contributed by atoms with Crippen molar-refractivity contribution in [3.8, 4) is 5.69 Å².